The maximum absolute atomic E-state index is 12.8. The van der Waals surface area contributed by atoms with Crippen molar-refractivity contribution in [3.63, 3.8) is 0 Å². The molecule has 0 heterocycles. The lowest BCUT2D eigenvalue weighted by Crippen LogP contribution is -2.24. The zero-order valence-electron chi connectivity index (χ0n) is 13.2. The normalized spacial score (nSPS) is 11.6. The van der Waals surface area contributed by atoms with Gasteiger partial charge in [0.25, 0.3) is 0 Å². The predicted octanol–water partition coefficient (Wildman–Crippen LogP) is 3.06. The fourth-order valence-corrected chi connectivity index (χ4v) is 3.18. The first kappa shape index (κ1) is 19.1. The summed E-state index contributed by atoms with van der Waals surface area (Å²) in [4.78, 5) is 0. The Balaban J connectivity index is 2.03. The number of nitrogens with one attached hydrogen (secondary N) is 1. The van der Waals surface area contributed by atoms with Gasteiger partial charge in [-0.25, -0.2) is 17.5 Å². The molecule has 0 fully saturated rings. The van der Waals surface area contributed by atoms with Gasteiger partial charge in [-0.2, -0.15) is 8.78 Å². The number of ether oxygens (including phenoxy) is 2. The van der Waals surface area contributed by atoms with Crippen molar-refractivity contribution in [2.24, 2.45) is 0 Å². The van der Waals surface area contributed by atoms with Gasteiger partial charge in [0, 0.05) is 6.54 Å². The van der Waals surface area contributed by atoms with Gasteiger partial charge in [0.1, 0.15) is 5.82 Å². The molecular weight excluding hydrogens is 359 g/mol. The molecule has 0 saturated carbocycles. The fourth-order valence-electron chi connectivity index (χ4n) is 2.06. The van der Waals surface area contributed by atoms with Gasteiger partial charge in [0.15, 0.2) is 11.5 Å². The summed E-state index contributed by atoms with van der Waals surface area (Å²) in [5.74, 6) is -0.838. The molecule has 136 valence electrons. The Morgan fingerprint density at radius 1 is 1.04 bits per heavy atom. The van der Waals surface area contributed by atoms with Gasteiger partial charge in [-0.15, -0.1) is 0 Å². The van der Waals surface area contributed by atoms with Gasteiger partial charge in [-0.1, -0.05) is 18.2 Å². The van der Waals surface area contributed by atoms with Crippen LogP contribution in [-0.2, 0) is 22.3 Å². The first-order valence-electron chi connectivity index (χ1n) is 7.12. The molecule has 2 aromatic carbocycles. The number of methoxy groups -OCH3 is 1. The number of hydrogen-bond donors (Lipinski definition) is 1. The van der Waals surface area contributed by atoms with E-state index in [2.05, 4.69) is 9.46 Å². The lowest BCUT2D eigenvalue weighted by atomic mass is 10.2. The zero-order valence-corrected chi connectivity index (χ0v) is 14.0. The SMILES string of the molecule is COc1cc(CNS(=O)(=O)Cc2ccc(F)cc2)ccc1OC(F)F. The summed E-state index contributed by atoms with van der Waals surface area (Å²) in [5, 5.41) is 0. The number of benzene rings is 2. The van der Waals surface area contributed by atoms with Crippen molar-refractivity contribution in [2.45, 2.75) is 18.9 Å². The second kappa shape index (κ2) is 8.21. The highest BCUT2D eigenvalue weighted by Crippen LogP contribution is 2.29. The molecule has 2 rings (SSSR count). The van der Waals surface area contributed by atoms with E-state index >= 15 is 0 Å². The van der Waals surface area contributed by atoms with Crippen molar-refractivity contribution in [1.29, 1.82) is 0 Å². The van der Waals surface area contributed by atoms with Gasteiger partial charge in [-0.05, 0) is 35.4 Å². The first-order valence-corrected chi connectivity index (χ1v) is 8.78. The summed E-state index contributed by atoms with van der Waals surface area (Å²) in [6.07, 6.45) is 0. The van der Waals surface area contributed by atoms with Gasteiger partial charge >= 0.3 is 6.61 Å². The molecule has 0 aliphatic rings. The van der Waals surface area contributed by atoms with Crippen molar-refractivity contribution in [3.05, 3.63) is 59.4 Å². The van der Waals surface area contributed by atoms with Crippen LogP contribution in [0.5, 0.6) is 11.5 Å². The van der Waals surface area contributed by atoms with Crippen LogP contribution in [0.25, 0.3) is 0 Å². The van der Waals surface area contributed by atoms with Crippen molar-refractivity contribution in [1.82, 2.24) is 4.72 Å². The Labute approximate surface area is 143 Å². The van der Waals surface area contributed by atoms with Crippen LogP contribution in [0.3, 0.4) is 0 Å². The Kier molecular flexibility index (Phi) is 6.27. The zero-order chi connectivity index (χ0) is 18.4. The summed E-state index contributed by atoms with van der Waals surface area (Å²) in [5.41, 5.74) is 0.938. The Hall–Kier alpha value is -2.26. The van der Waals surface area contributed by atoms with E-state index < -0.39 is 22.5 Å². The van der Waals surface area contributed by atoms with Crippen LogP contribution in [0, 0.1) is 5.82 Å². The standard InChI is InChI=1S/C16H16F3NO4S/c1-23-15-8-12(4-7-14(15)24-16(18)19)9-20-25(21,22)10-11-2-5-13(17)6-3-11/h2-8,16,20H,9-10H2,1H3. The third kappa shape index (κ3) is 5.95. The summed E-state index contributed by atoms with van der Waals surface area (Å²) < 4.78 is 73.2. The summed E-state index contributed by atoms with van der Waals surface area (Å²) in [7, 11) is -2.37. The third-order valence-corrected chi connectivity index (χ3v) is 4.51. The van der Waals surface area contributed by atoms with Gasteiger partial charge in [-0.3, -0.25) is 0 Å². The van der Waals surface area contributed by atoms with E-state index in [9.17, 15) is 21.6 Å². The lowest BCUT2D eigenvalue weighted by molar-refractivity contribution is -0.0512. The van der Waals surface area contributed by atoms with E-state index in [4.69, 9.17) is 4.74 Å². The van der Waals surface area contributed by atoms with E-state index in [1.165, 1.54) is 49.6 Å². The van der Waals surface area contributed by atoms with E-state index in [0.29, 0.717) is 11.1 Å². The summed E-state index contributed by atoms with van der Waals surface area (Å²) in [6, 6.07) is 9.24. The highest BCUT2D eigenvalue weighted by atomic mass is 32.2. The Morgan fingerprint density at radius 3 is 2.28 bits per heavy atom. The van der Waals surface area contributed by atoms with Crippen LogP contribution in [0.2, 0.25) is 0 Å². The summed E-state index contributed by atoms with van der Waals surface area (Å²) >= 11 is 0. The minimum Gasteiger partial charge on any atom is -0.493 e. The summed E-state index contributed by atoms with van der Waals surface area (Å²) in [6.45, 7) is -3.05. The van der Waals surface area contributed by atoms with Gasteiger partial charge in [0.2, 0.25) is 10.0 Å². The van der Waals surface area contributed by atoms with Crippen molar-refractivity contribution < 1.29 is 31.1 Å². The van der Waals surface area contributed by atoms with Crippen LogP contribution in [-0.4, -0.2) is 22.1 Å². The topological polar surface area (TPSA) is 64.6 Å². The molecule has 9 heteroatoms. The fraction of sp³-hybridized carbons (Fsp3) is 0.250. The van der Waals surface area contributed by atoms with Crippen LogP contribution in [0.1, 0.15) is 11.1 Å². The molecule has 5 nitrogen and oxygen atoms in total. The molecule has 25 heavy (non-hydrogen) atoms. The second-order valence-electron chi connectivity index (χ2n) is 5.07. The predicted molar refractivity (Wildman–Crippen MR) is 85.5 cm³/mol. The van der Waals surface area contributed by atoms with Gasteiger partial charge in [0.05, 0.1) is 12.9 Å². The number of hydrogen-bond acceptors (Lipinski definition) is 4. The average Bonchev–Trinajstić information content (AvgIpc) is 2.55. The largest absolute Gasteiger partial charge is 0.493 e. The van der Waals surface area contributed by atoms with E-state index in [1.807, 2.05) is 0 Å². The quantitative estimate of drug-likeness (QED) is 0.770. The first-order chi connectivity index (χ1) is 11.8. The second-order valence-corrected chi connectivity index (χ2v) is 6.88. The number of rotatable bonds is 8. The third-order valence-electron chi connectivity index (χ3n) is 3.21. The van der Waals surface area contributed by atoms with Crippen molar-refractivity contribution in [2.75, 3.05) is 7.11 Å². The maximum atomic E-state index is 12.8. The molecule has 0 aliphatic heterocycles. The smallest absolute Gasteiger partial charge is 0.387 e. The minimum absolute atomic E-state index is 0.0607. The molecule has 0 radical (unpaired) electrons. The maximum Gasteiger partial charge on any atom is 0.387 e. The average molecular weight is 375 g/mol. The molecule has 0 bridgehead atoms. The van der Waals surface area contributed by atoms with Crippen molar-refractivity contribution in [3.8, 4) is 11.5 Å². The molecular formula is C16H16F3NO4S. The highest BCUT2D eigenvalue weighted by molar-refractivity contribution is 7.88. The highest BCUT2D eigenvalue weighted by Gasteiger charge is 2.14. The van der Waals surface area contributed by atoms with Gasteiger partial charge < -0.3 is 9.47 Å². The molecule has 0 amide bonds. The molecule has 0 aromatic heterocycles. The number of alkyl halides is 2. The molecule has 0 unspecified atom stereocenters. The van der Waals surface area contributed by atoms with Crippen LogP contribution < -0.4 is 14.2 Å². The van der Waals surface area contributed by atoms with Crippen LogP contribution >= 0.6 is 0 Å². The lowest BCUT2D eigenvalue weighted by Gasteiger charge is -2.12. The minimum atomic E-state index is -3.66. The molecule has 0 saturated heterocycles. The van der Waals surface area contributed by atoms with E-state index in [-0.39, 0.29) is 23.8 Å². The van der Waals surface area contributed by atoms with Crippen LogP contribution in [0.15, 0.2) is 42.5 Å². The molecule has 0 spiro atoms. The van der Waals surface area contributed by atoms with E-state index in [1.54, 1.807) is 0 Å². The Bertz CT molecular complexity index is 811. The van der Waals surface area contributed by atoms with Crippen molar-refractivity contribution >= 4 is 10.0 Å². The number of halogens is 3. The Morgan fingerprint density at radius 2 is 1.68 bits per heavy atom. The molecule has 0 atom stereocenters. The number of sulfonamides is 1. The molecule has 1 N–H and O–H groups in total. The molecule has 0 aliphatic carbocycles. The molecule has 2 aromatic rings. The van der Waals surface area contributed by atoms with E-state index in [0.717, 1.165) is 0 Å². The van der Waals surface area contributed by atoms with Crippen LogP contribution in [0.4, 0.5) is 13.2 Å². The monoisotopic (exact) mass is 375 g/mol.